The van der Waals surface area contributed by atoms with Crippen molar-refractivity contribution in [3.63, 3.8) is 0 Å². The standard InChI is InChI=1S/C16H19N3O3/c1-11-9-14(16(22)18-8-6-15(20)21)12(2)19(11)10-13-5-3-4-7-17-13/h3-5,7,9H,6,8,10H2,1-2H3,(H,18,22)(H,20,21). The second-order valence-electron chi connectivity index (χ2n) is 5.09. The predicted molar refractivity (Wildman–Crippen MR) is 81.8 cm³/mol. The van der Waals surface area contributed by atoms with Crippen molar-refractivity contribution in [1.82, 2.24) is 14.9 Å². The Kier molecular flexibility index (Phi) is 4.93. The van der Waals surface area contributed by atoms with Crippen LogP contribution in [0, 0.1) is 13.8 Å². The van der Waals surface area contributed by atoms with Gasteiger partial charge in [0, 0.05) is 24.1 Å². The monoisotopic (exact) mass is 301 g/mol. The molecule has 0 fully saturated rings. The maximum atomic E-state index is 12.1. The van der Waals surface area contributed by atoms with Crippen LogP contribution in [0.2, 0.25) is 0 Å². The molecule has 2 aromatic heterocycles. The number of aliphatic carboxylic acids is 1. The Bertz CT molecular complexity index is 677. The number of aryl methyl sites for hydroxylation is 1. The molecule has 2 aromatic rings. The molecule has 2 N–H and O–H groups in total. The van der Waals surface area contributed by atoms with Gasteiger partial charge in [0.25, 0.3) is 5.91 Å². The van der Waals surface area contributed by atoms with Crippen LogP contribution in [0.15, 0.2) is 30.5 Å². The zero-order valence-corrected chi connectivity index (χ0v) is 12.7. The summed E-state index contributed by atoms with van der Waals surface area (Å²) in [6.07, 6.45) is 1.65. The molecule has 22 heavy (non-hydrogen) atoms. The van der Waals surface area contributed by atoms with Crippen LogP contribution in [0.3, 0.4) is 0 Å². The molecule has 2 heterocycles. The smallest absolute Gasteiger partial charge is 0.305 e. The number of carboxylic acid groups (broad SMARTS) is 1. The fraction of sp³-hybridized carbons (Fsp3) is 0.312. The number of hydrogen-bond donors (Lipinski definition) is 2. The van der Waals surface area contributed by atoms with E-state index in [2.05, 4.69) is 10.3 Å². The molecule has 0 unspecified atom stereocenters. The lowest BCUT2D eigenvalue weighted by Gasteiger charge is -2.09. The average molecular weight is 301 g/mol. The van der Waals surface area contributed by atoms with Gasteiger partial charge in [0.1, 0.15) is 0 Å². The predicted octanol–water partition coefficient (Wildman–Crippen LogP) is 1.75. The number of nitrogens with one attached hydrogen (secondary N) is 1. The van der Waals surface area contributed by atoms with Crippen molar-refractivity contribution < 1.29 is 14.7 Å². The first-order chi connectivity index (χ1) is 10.5. The maximum Gasteiger partial charge on any atom is 0.305 e. The molecule has 2 rings (SSSR count). The van der Waals surface area contributed by atoms with Crippen molar-refractivity contribution in [2.24, 2.45) is 0 Å². The van der Waals surface area contributed by atoms with Gasteiger partial charge < -0.3 is 15.0 Å². The van der Waals surface area contributed by atoms with Gasteiger partial charge in [0.2, 0.25) is 0 Å². The van der Waals surface area contributed by atoms with E-state index < -0.39 is 5.97 Å². The maximum absolute atomic E-state index is 12.1. The molecule has 0 aliphatic rings. The number of carboxylic acids is 1. The molecule has 6 heteroatoms. The molecule has 0 saturated carbocycles. The van der Waals surface area contributed by atoms with E-state index in [0.717, 1.165) is 17.1 Å². The van der Waals surface area contributed by atoms with Crippen LogP contribution in [0.25, 0.3) is 0 Å². The van der Waals surface area contributed by atoms with E-state index in [1.807, 2.05) is 42.7 Å². The molecule has 0 aliphatic heterocycles. The number of amides is 1. The normalized spacial score (nSPS) is 10.5. The molecular weight excluding hydrogens is 282 g/mol. The fourth-order valence-corrected chi connectivity index (χ4v) is 2.31. The molecule has 0 aromatic carbocycles. The first-order valence-electron chi connectivity index (χ1n) is 7.05. The Morgan fingerprint density at radius 1 is 1.32 bits per heavy atom. The Labute approximate surface area is 128 Å². The van der Waals surface area contributed by atoms with Crippen molar-refractivity contribution in [3.05, 3.63) is 53.1 Å². The highest BCUT2D eigenvalue weighted by Crippen LogP contribution is 2.16. The van der Waals surface area contributed by atoms with Gasteiger partial charge in [-0.1, -0.05) is 6.07 Å². The van der Waals surface area contributed by atoms with Crippen molar-refractivity contribution in [1.29, 1.82) is 0 Å². The molecule has 0 bridgehead atoms. The molecule has 0 aliphatic carbocycles. The summed E-state index contributed by atoms with van der Waals surface area (Å²) in [7, 11) is 0. The number of carbonyl (C=O) groups excluding carboxylic acids is 1. The van der Waals surface area contributed by atoms with Crippen molar-refractivity contribution in [3.8, 4) is 0 Å². The second kappa shape index (κ2) is 6.89. The summed E-state index contributed by atoms with van der Waals surface area (Å²) in [5, 5.41) is 11.2. The molecule has 0 radical (unpaired) electrons. The third-order valence-electron chi connectivity index (χ3n) is 3.49. The summed E-state index contributed by atoms with van der Waals surface area (Å²) in [6.45, 7) is 4.53. The number of pyridine rings is 1. The van der Waals surface area contributed by atoms with E-state index in [-0.39, 0.29) is 18.9 Å². The highest BCUT2D eigenvalue weighted by atomic mass is 16.4. The molecule has 6 nitrogen and oxygen atoms in total. The van der Waals surface area contributed by atoms with Crippen LogP contribution in [-0.4, -0.2) is 33.1 Å². The molecule has 116 valence electrons. The van der Waals surface area contributed by atoms with E-state index in [0.29, 0.717) is 12.1 Å². The second-order valence-corrected chi connectivity index (χ2v) is 5.09. The van der Waals surface area contributed by atoms with Gasteiger partial charge in [-0.3, -0.25) is 14.6 Å². The van der Waals surface area contributed by atoms with Gasteiger partial charge in [0.15, 0.2) is 0 Å². The van der Waals surface area contributed by atoms with Gasteiger partial charge in [-0.15, -0.1) is 0 Å². The van der Waals surface area contributed by atoms with Gasteiger partial charge in [-0.25, -0.2) is 0 Å². The zero-order chi connectivity index (χ0) is 16.1. The lowest BCUT2D eigenvalue weighted by Crippen LogP contribution is -2.26. The Hall–Kier alpha value is -2.63. The summed E-state index contributed by atoms with van der Waals surface area (Å²) in [4.78, 5) is 26.9. The van der Waals surface area contributed by atoms with Crippen LogP contribution >= 0.6 is 0 Å². The number of nitrogens with zero attached hydrogens (tertiary/aromatic N) is 2. The van der Waals surface area contributed by atoms with Gasteiger partial charge >= 0.3 is 5.97 Å². The highest BCUT2D eigenvalue weighted by Gasteiger charge is 2.16. The first-order valence-corrected chi connectivity index (χ1v) is 7.05. The van der Waals surface area contributed by atoms with E-state index in [1.54, 1.807) is 6.20 Å². The highest BCUT2D eigenvalue weighted by molar-refractivity contribution is 5.95. The summed E-state index contributed by atoms with van der Waals surface area (Å²) in [5.41, 5.74) is 3.29. The van der Waals surface area contributed by atoms with E-state index in [4.69, 9.17) is 5.11 Å². The number of carbonyl (C=O) groups is 2. The minimum absolute atomic E-state index is 0.0849. The lowest BCUT2D eigenvalue weighted by molar-refractivity contribution is -0.136. The number of aromatic nitrogens is 2. The van der Waals surface area contributed by atoms with Gasteiger partial charge in [-0.2, -0.15) is 0 Å². The fourth-order valence-electron chi connectivity index (χ4n) is 2.31. The Morgan fingerprint density at radius 2 is 2.09 bits per heavy atom. The molecule has 0 spiro atoms. The molecule has 1 amide bonds. The Morgan fingerprint density at radius 3 is 2.73 bits per heavy atom. The van der Waals surface area contributed by atoms with Crippen LogP contribution < -0.4 is 5.32 Å². The summed E-state index contributed by atoms with van der Waals surface area (Å²) >= 11 is 0. The van der Waals surface area contributed by atoms with Crippen LogP contribution in [0.5, 0.6) is 0 Å². The summed E-state index contributed by atoms with van der Waals surface area (Å²) < 4.78 is 2.02. The number of rotatable bonds is 6. The van der Waals surface area contributed by atoms with E-state index in [1.165, 1.54) is 0 Å². The van der Waals surface area contributed by atoms with Crippen LogP contribution in [0.4, 0.5) is 0 Å². The van der Waals surface area contributed by atoms with Crippen molar-refractivity contribution in [2.45, 2.75) is 26.8 Å². The van der Waals surface area contributed by atoms with Crippen LogP contribution in [-0.2, 0) is 11.3 Å². The van der Waals surface area contributed by atoms with Crippen molar-refractivity contribution >= 4 is 11.9 Å². The minimum atomic E-state index is -0.930. The molecular formula is C16H19N3O3. The average Bonchev–Trinajstić information content (AvgIpc) is 2.76. The molecule has 0 saturated heterocycles. The van der Waals surface area contributed by atoms with Crippen molar-refractivity contribution in [2.75, 3.05) is 6.54 Å². The van der Waals surface area contributed by atoms with E-state index in [9.17, 15) is 9.59 Å². The summed E-state index contributed by atoms with van der Waals surface area (Å²) in [5.74, 6) is -1.18. The van der Waals surface area contributed by atoms with Gasteiger partial charge in [-0.05, 0) is 32.0 Å². The van der Waals surface area contributed by atoms with E-state index >= 15 is 0 Å². The SMILES string of the molecule is Cc1cc(C(=O)NCCC(=O)O)c(C)n1Cc1ccccn1. The third kappa shape index (κ3) is 3.72. The van der Waals surface area contributed by atoms with Crippen LogP contribution in [0.1, 0.15) is 33.9 Å². The van der Waals surface area contributed by atoms with Gasteiger partial charge in [0.05, 0.1) is 24.2 Å². The minimum Gasteiger partial charge on any atom is -0.481 e. The molecule has 0 atom stereocenters. The number of hydrogen-bond acceptors (Lipinski definition) is 3. The third-order valence-corrected chi connectivity index (χ3v) is 3.49. The largest absolute Gasteiger partial charge is 0.481 e. The lowest BCUT2D eigenvalue weighted by atomic mass is 10.2. The zero-order valence-electron chi connectivity index (χ0n) is 12.7. The topological polar surface area (TPSA) is 84.2 Å². The first kappa shape index (κ1) is 15.8. The quantitative estimate of drug-likeness (QED) is 0.851. The summed E-state index contributed by atoms with van der Waals surface area (Å²) in [6, 6.07) is 7.54. The Balaban J connectivity index is 2.13.